The summed E-state index contributed by atoms with van der Waals surface area (Å²) in [5, 5.41) is 15.9. The molecule has 3 rings (SSSR count). The van der Waals surface area contributed by atoms with E-state index in [2.05, 4.69) is 15.6 Å². The second-order valence-electron chi connectivity index (χ2n) is 6.25. The number of nitrogens with zero attached hydrogens (tertiary/aromatic N) is 2. The molecule has 3 aromatic rings. The molecule has 3 N–H and O–H groups in total. The van der Waals surface area contributed by atoms with Crippen molar-refractivity contribution in [1.82, 2.24) is 20.2 Å². The monoisotopic (exact) mass is 410 g/mol. The van der Waals surface area contributed by atoms with Crippen LogP contribution in [0.15, 0.2) is 66.1 Å². The van der Waals surface area contributed by atoms with Gasteiger partial charge >= 0.3 is 0 Å². The average Bonchev–Trinajstić information content (AvgIpc) is 3.22. The van der Waals surface area contributed by atoms with Crippen LogP contribution in [0, 0.1) is 0 Å². The third-order valence-corrected chi connectivity index (χ3v) is 4.90. The summed E-state index contributed by atoms with van der Waals surface area (Å²) in [5.41, 5.74) is 1.91. The van der Waals surface area contributed by atoms with Gasteiger partial charge in [0, 0.05) is 42.3 Å². The second-order valence-corrected chi connectivity index (χ2v) is 7.02. The van der Waals surface area contributed by atoms with Crippen molar-refractivity contribution in [3.63, 3.8) is 0 Å². The van der Waals surface area contributed by atoms with E-state index in [1.165, 1.54) is 12.1 Å². The highest BCUT2D eigenvalue weighted by molar-refractivity contribution is 7.98. The van der Waals surface area contributed by atoms with Crippen LogP contribution in [-0.2, 0) is 0 Å². The molecule has 29 heavy (non-hydrogen) atoms. The molecule has 0 aliphatic heterocycles. The van der Waals surface area contributed by atoms with Crippen LogP contribution < -0.4 is 10.6 Å². The third kappa shape index (κ3) is 5.39. The first-order valence-corrected chi connectivity index (χ1v) is 10.3. The number of amides is 2. The topological polar surface area (TPSA) is 96.3 Å². The number of imidazole rings is 1. The zero-order chi connectivity index (χ0) is 20.6. The average molecular weight is 410 g/mol. The maximum absolute atomic E-state index is 12.3. The lowest BCUT2D eigenvalue weighted by atomic mass is 10.2. The molecule has 0 saturated carbocycles. The van der Waals surface area contributed by atoms with Crippen molar-refractivity contribution in [2.45, 2.75) is 11.6 Å². The smallest absolute Gasteiger partial charge is 0.251 e. The lowest BCUT2D eigenvalue weighted by Crippen LogP contribution is -2.29. The number of rotatable bonds is 8. The summed E-state index contributed by atoms with van der Waals surface area (Å²) in [6.07, 6.45) is 6.19. The zero-order valence-corrected chi connectivity index (χ0v) is 16.8. The van der Waals surface area contributed by atoms with Crippen LogP contribution in [0.25, 0.3) is 5.69 Å². The number of carbonyl (C=O) groups is 2. The first kappa shape index (κ1) is 20.5. The number of hydrogen-bond donors (Lipinski definition) is 3. The normalized spacial score (nSPS) is 10.5. The van der Waals surface area contributed by atoms with E-state index in [0.29, 0.717) is 30.6 Å². The molecule has 0 unspecified atom stereocenters. The third-order valence-electron chi connectivity index (χ3n) is 4.23. The first-order chi connectivity index (χ1) is 14.1. The highest BCUT2D eigenvalue weighted by Crippen LogP contribution is 2.18. The van der Waals surface area contributed by atoms with Gasteiger partial charge in [0.05, 0.1) is 0 Å². The van der Waals surface area contributed by atoms with Gasteiger partial charge in [-0.3, -0.25) is 14.2 Å². The summed E-state index contributed by atoms with van der Waals surface area (Å²) < 4.78 is 1.96. The van der Waals surface area contributed by atoms with Gasteiger partial charge in [-0.05, 0) is 55.1 Å². The van der Waals surface area contributed by atoms with Crippen LogP contribution in [0.1, 0.15) is 27.1 Å². The molecule has 1 heterocycles. The Hall–Kier alpha value is -3.26. The van der Waals surface area contributed by atoms with E-state index < -0.39 is 0 Å². The molecule has 0 bridgehead atoms. The van der Waals surface area contributed by atoms with Crippen molar-refractivity contribution in [3.05, 3.63) is 72.1 Å². The van der Waals surface area contributed by atoms with Gasteiger partial charge in [0.2, 0.25) is 0 Å². The van der Waals surface area contributed by atoms with Crippen molar-refractivity contribution < 1.29 is 14.7 Å². The fourth-order valence-corrected chi connectivity index (χ4v) is 3.28. The zero-order valence-electron chi connectivity index (χ0n) is 16.0. The predicted octanol–water partition coefficient (Wildman–Crippen LogP) is 2.85. The Balaban J connectivity index is 1.43. The van der Waals surface area contributed by atoms with Crippen molar-refractivity contribution in [3.8, 4) is 11.4 Å². The van der Waals surface area contributed by atoms with E-state index in [4.69, 9.17) is 0 Å². The second kappa shape index (κ2) is 9.79. The molecule has 0 fully saturated rings. The Bertz CT molecular complexity index is 986. The van der Waals surface area contributed by atoms with Gasteiger partial charge in [0.1, 0.15) is 5.75 Å². The van der Waals surface area contributed by atoms with E-state index in [9.17, 15) is 14.7 Å². The summed E-state index contributed by atoms with van der Waals surface area (Å²) in [6.45, 7) is 0.866. The van der Waals surface area contributed by atoms with Gasteiger partial charge in [0.25, 0.3) is 11.8 Å². The summed E-state index contributed by atoms with van der Waals surface area (Å²) in [7, 11) is 0. The molecule has 2 amide bonds. The summed E-state index contributed by atoms with van der Waals surface area (Å²) in [4.78, 5) is 28.5. The van der Waals surface area contributed by atoms with E-state index in [1.54, 1.807) is 42.2 Å². The molecule has 0 aliphatic rings. The lowest BCUT2D eigenvalue weighted by molar-refractivity contribution is 0.0951. The molecule has 0 radical (unpaired) electrons. The Morgan fingerprint density at radius 3 is 2.38 bits per heavy atom. The molecule has 0 atom stereocenters. The number of phenolic OH excluding ortho intramolecular Hbond substituents is 1. The van der Waals surface area contributed by atoms with E-state index in [0.717, 1.165) is 10.8 Å². The Labute approximate surface area is 173 Å². The molecular formula is C21H22N4O3S. The number of thioether (sulfide) groups is 1. The Morgan fingerprint density at radius 1 is 1.03 bits per heavy atom. The van der Waals surface area contributed by atoms with Crippen LogP contribution >= 0.6 is 11.8 Å². The van der Waals surface area contributed by atoms with Crippen LogP contribution in [0.5, 0.6) is 5.75 Å². The van der Waals surface area contributed by atoms with Gasteiger partial charge in [-0.1, -0.05) is 17.8 Å². The van der Waals surface area contributed by atoms with Gasteiger partial charge in [0.15, 0.2) is 5.16 Å². The van der Waals surface area contributed by atoms with Crippen LogP contribution in [-0.4, -0.2) is 45.8 Å². The maximum atomic E-state index is 12.3. The maximum Gasteiger partial charge on any atom is 0.251 e. The van der Waals surface area contributed by atoms with Crippen molar-refractivity contribution in [2.24, 2.45) is 0 Å². The summed E-state index contributed by atoms with van der Waals surface area (Å²) in [6, 6.07) is 13.5. The number of nitrogens with one attached hydrogen (secondary N) is 2. The van der Waals surface area contributed by atoms with Gasteiger partial charge in [-0.2, -0.15) is 0 Å². The molecule has 0 spiro atoms. The molecule has 2 aromatic carbocycles. The fraction of sp³-hybridized carbons (Fsp3) is 0.190. The number of benzene rings is 2. The molecule has 8 heteroatoms. The van der Waals surface area contributed by atoms with Crippen LogP contribution in [0.4, 0.5) is 0 Å². The number of carbonyl (C=O) groups excluding carboxylic acids is 2. The van der Waals surface area contributed by atoms with Crippen LogP contribution in [0.2, 0.25) is 0 Å². The predicted molar refractivity (Wildman–Crippen MR) is 113 cm³/mol. The molecular weight excluding hydrogens is 388 g/mol. The van der Waals surface area contributed by atoms with E-state index >= 15 is 0 Å². The lowest BCUT2D eigenvalue weighted by Gasteiger charge is -2.09. The number of phenols is 1. The molecule has 7 nitrogen and oxygen atoms in total. The Kier molecular flexibility index (Phi) is 6.91. The fourth-order valence-electron chi connectivity index (χ4n) is 2.75. The minimum Gasteiger partial charge on any atom is -0.508 e. The minimum atomic E-state index is -0.257. The van der Waals surface area contributed by atoms with Crippen LogP contribution in [0.3, 0.4) is 0 Å². The standard InChI is InChI=1S/C21H22N4O3S/c1-29-21-24-12-13-25(21)17-8-6-15(7-9-17)19(27)22-10-3-11-23-20(28)16-4-2-5-18(26)14-16/h2,4-9,12-14,26H,3,10-11H2,1H3,(H,22,27)(H,23,28). The summed E-state index contributed by atoms with van der Waals surface area (Å²) >= 11 is 1.55. The quantitative estimate of drug-likeness (QED) is 0.392. The molecule has 0 aliphatic carbocycles. The number of aromatic hydroxyl groups is 1. The highest BCUT2D eigenvalue weighted by atomic mass is 32.2. The first-order valence-electron chi connectivity index (χ1n) is 9.11. The highest BCUT2D eigenvalue weighted by Gasteiger charge is 2.08. The molecule has 0 saturated heterocycles. The summed E-state index contributed by atoms with van der Waals surface area (Å²) in [5.74, 6) is -0.368. The van der Waals surface area contributed by atoms with Gasteiger partial charge < -0.3 is 15.7 Å². The van der Waals surface area contributed by atoms with E-state index in [-0.39, 0.29) is 17.6 Å². The minimum absolute atomic E-state index is 0.0497. The van der Waals surface area contributed by atoms with Gasteiger partial charge in [-0.25, -0.2) is 4.98 Å². The molecule has 1 aromatic heterocycles. The van der Waals surface area contributed by atoms with E-state index in [1.807, 2.05) is 29.2 Å². The number of aromatic nitrogens is 2. The SMILES string of the molecule is CSc1nccn1-c1ccc(C(=O)NCCCNC(=O)c2cccc(O)c2)cc1. The van der Waals surface area contributed by atoms with Crippen molar-refractivity contribution >= 4 is 23.6 Å². The van der Waals surface area contributed by atoms with Crippen molar-refractivity contribution in [2.75, 3.05) is 19.3 Å². The largest absolute Gasteiger partial charge is 0.508 e. The van der Waals surface area contributed by atoms with Crippen molar-refractivity contribution in [1.29, 1.82) is 0 Å². The van der Waals surface area contributed by atoms with Gasteiger partial charge in [-0.15, -0.1) is 0 Å². The number of hydrogen-bond acceptors (Lipinski definition) is 5. The Morgan fingerprint density at radius 2 is 1.72 bits per heavy atom. The molecule has 150 valence electrons.